The SMILES string of the molecule is CC(CCC(=O)Cl)Oc1cccc(C(F)(F)F)c1F. The molecule has 0 heterocycles. The largest absolute Gasteiger partial charge is 0.488 e. The normalized spacial score (nSPS) is 13.2. The van der Waals surface area contributed by atoms with Gasteiger partial charge < -0.3 is 4.74 Å². The van der Waals surface area contributed by atoms with E-state index in [-0.39, 0.29) is 12.8 Å². The highest BCUT2D eigenvalue weighted by Gasteiger charge is 2.35. The van der Waals surface area contributed by atoms with E-state index in [1.165, 1.54) is 6.92 Å². The summed E-state index contributed by atoms with van der Waals surface area (Å²) in [5, 5.41) is -0.583. The maximum Gasteiger partial charge on any atom is 0.419 e. The Labute approximate surface area is 112 Å². The van der Waals surface area contributed by atoms with Crippen LogP contribution in [0, 0.1) is 5.82 Å². The second kappa shape index (κ2) is 6.23. The zero-order valence-electron chi connectivity index (χ0n) is 9.93. The fraction of sp³-hybridized carbons (Fsp3) is 0.417. The second-order valence-electron chi connectivity index (χ2n) is 3.94. The first-order valence-electron chi connectivity index (χ1n) is 5.42. The highest BCUT2D eigenvalue weighted by atomic mass is 35.5. The molecule has 106 valence electrons. The monoisotopic (exact) mass is 298 g/mol. The van der Waals surface area contributed by atoms with Crippen LogP contribution in [-0.2, 0) is 11.0 Å². The van der Waals surface area contributed by atoms with Crippen molar-refractivity contribution in [2.45, 2.75) is 32.0 Å². The summed E-state index contributed by atoms with van der Waals surface area (Å²) in [5.74, 6) is -1.96. The Balaban J connectivity index is 2.82. The molecule has 0 saturated heterocycles. The molecule has 0 aromatic heterocycles. The van der Waals surface area contributed by atoms with E-state index in [9.17, 15) is 22.4 Å². The Kier molecular flexibility index (Phi) is 5.17. The Morgan fingerprint density at radius 2 is 2.05 bits per heavy atom. The van der Waals surface area contributed by atoms with E-state index in [1.807, 2.05) is 0 Å². The Morgan fingerprint density at radius 1 is 1.42 bits per heavy atom. The zero-order chi connectivity index (χ0) is 14.6. The van der Waals surface area contributed by atoms with Crippen LogP contribution < -0.4 is 4.74 Å². The maximum atomic E-state index is 13.6. The average Bonchev–Trinajstić information content (AvgIpc) is 2.27. The van der Waals surface area contributed by atoms with Gasteiger partial charge in [0.05, 0.1) is 11.7 Å². The van der Waals surface area contributed by atoms with E-state index >= 15 is 0 Å². The summed E-state index contributed by atoms with van der Waals surface area (Å²) in [4.78, 5) is 10.5. The van der Waals surface area contributed by atoms with Gasteiger partial charge in [0, 0.05) is 6.42 Å². The van der Waals surface area contributed by atoms with Crippen LogP contribution >= 0.6 is 11.6 Å². The standard InChI is InChI=1S/C12H11ClF4O2/c1-7(5-6-10(13)18)19-9-4-2-3-8(11(9)14)12(15,16)17/h2-4,7H,5-6H2,1H3. The molecule has 1 atom stereocenters. The molecular formula is C12H11ClF4O2. The molecule has 0 bridgehead atoms. The summed E-state index contributed by atoms with van der Waals surface area (Å²) in [7, 11) is 0. The van der Waals surface area contributed by atoms with E-state index < -0.39 is 34.7 Å². The molecule has 0 N–H and O–H groups in total. The van der Waals surface area contributed by atoms with Crippen molar-refractivity contribution in [3.05, 3.63) is 29.6 Å². The molecule has 0 fully saturated rings. The van der Waals surface area contributed by atoms with Crippen molar-refractivity contribution in [2.24, 2.45) is 0 Å². The van der Waals surface area contributed by atoms with Crippen LogP contribution in [0.2, 0.25) is 0 Å². The van der Waals surface area contributed by atoms with Crippen LogP contribution in [0.5, 0.6) is 5.75 Å². The molecule has 1 rings (SSSR count). The first-order chi connectivity index (χ1) is 8.71. The van der Waals surface area contributed by atoms with Crippen molar-refractivity contribution in [3.8, 4) is 5.75 Å². The molecule has 0 amide bonds. The van der Waals surface area contributed by atoms with Gasteiger partial charge in [-0.3, -0.25) is 4.79 Å². The molecule has 0 radical (unpaired) electrons. The Hall–Kier alpha value is -1.30. The summed E-state index contributed by atoms with van der Waals surface area (Å²) in [6, 6.07) is 2.79. The van der Waals surface area contributed by atoms with Crippen LogP contribution in [0.4, 0.5) is 17.6 Å². The number of carbonyl (C=O) groups is 1. The summed E-state index contributed by atoms with van der Waals surface area (Å²) >= 11 is 5.12. The fourth-order valence-corrected chi connectivity index (χ4v) is 1.52. The van der Waals surface area contributed by atoms with Gasteiger partial charge in [-0.15, -0.1) is 0 Å². The third kappa shape index (κ3) is 4.70. The van der Waals surface area contributed by atoms with Gasteiger partial charge >= 0.3 is 6.18 Å². The first kappa shape index (κ1) is 15.8. The predicted octanol–water partition coefficient (Wildman–Crippen LogP) is 4.16. The Bertz CT molecular complexity index is 460. The van der Waals surface area contributed by atoms with Crippen LogP contribution in [-0.4, -0.2) is 11.3 Å². The van der Waals surface area contributed by atoms with Gasteiger partial charge in [0.1, 0.15) is 0 Å². The van der Waals surface area contributed by atoms with Gasteiger partial charge in [-0.25, -0.2) is 4.39 Å². The number of carbonyl (C=O) groups excluding carboxylic acids is 1. The zero-order valence-corrected chi connectivity index (χ0v) is 10.7. The van der Waals surface area contributed by atoms with Crippen LogP contribution in [0.3, 0.4) is 0 Å². The van der Waals surface area contributed by atoms with Crippen molar-refractivity contribution in [2.75, 3.05) is 0 Å². The third-order valence-corrected chi connectivity index (χ3v) is 2.53. The lowest BCUT2D eigenvalue weighted by molar-refractivity contribution is -0.140. The molecule has 0 aliphatic heterocycles. The molecule has 1 aromatic rings. The third-order valence-electron chi connectivity index (χ3n) is 2.34. The molecular weight excluding hydrogens is 288 g/mol. The van der Waals surface area contributed by atoms with Crippen molar-refractivity contribution >= 4 is 16.8 Å². The molecule has 7 heteroatoms. The molecule has 1 unspecified atom stereocenters. The minimum Gasteiger partial charge on any atom is -0.488 e. The molecule has 19 heavy (non-hydrogen) atoms. The van der Waals surface area contributed by atoms with Crippen molar-refractivity contribution in [1.29, 1.82) is 0 Å². The van der Waals surface area contributed by atoms with Gasteiger partial charge in [0.2, 0.25) is 5.24 Å². The highest BCUT2D eigenvalue weighted by Crippen LogP contribution is 2.35. The number of hydrogen-bond acceptors (Lipinski definition) is 2. The van der Waals surface area contributed by atoms with Crippen LogP contribution in [0.15, 0.2) is 18.2 Å². The molecule has 0 saturated carbocycles. The van der Waals surface area contributed by atoms with Crippen LogP contribution in [0.1, 0.15) is 25.3 Å². The van der Waals surface area contributed by atoms with Gasteiger partial charge in [0.25, 0.3) is 0 Å². The smallest absolute Gasteiger partial charge is 0.419 e. The maximum absolute atomic E-state index is 13.6. The van der Waals surface area contributed by atoms with Crippen molar-refractivity contribution in [1.82, 2.24) is 0 Å². The number of hydrogen-bond donors (Lipinski definition) is 0. The molecule has 2 nitrogen and oxygen atoms in total. The number of alkyl halides is 3. The summed E-state index contributed by atoms with van der Waals surface area (Å²) in [6.45, 7) is 1.51. The summed E-state index contributed by atoms with van der Waals surface area (Å²) in [6.07, 6.45) is -5.21. The van der Waals surface area contributed by atoms with Gasteiger partial charge in [-0.2, -0.15) is 13.2 Å². The number of ether oxygens (including phenoxy) is 1. The number of halogens is 5. The van der Waals surface area contributed by atoms with E-state index in [4.69, 9.17) is 16.3 Å². The first-order valence-corrected chi connectivity index (χ1v) is 5.80. The average molecular weight is 299 g/mol. The van der Waals surface area contributed by atoms with E-state index in [0.29, 0.717) is 6.07 Å². The number of benzene rings is 1. The molecule has 0 aliphatic rings. The van der Waals surface area contributed by atoms with Gasteiger partial charge in [0.15, 0.2) is 11.6 Å². The summed E-state index contributed by atoms with van der Waals surface area (Å²) < 4.78 is 56.0. The lowest BCUT2D eigenvalue weighted by Gasteiger charge is -2.16. The van der Waals surface area contributed by atoms with E-state index in [2.05, 4.69) is 0 Å². The lowest BCUT2D eigenvalue weighted by Crippen LogP contribution is -2.15. The Morgan fingerprint density at radius 3 is 2.58 bits per heavy atom. The molecule has 0 spiro atoms. The number of rotatable bonds is 5. The summed E-state index contributed by atoms with van der Waals surface area (Å²) in [5.41, 5.74) is -1.38. The van der Waals surface area contributed by atoms with Gasteiger partial charge in [-0.1, -0.05) is 6.07 Å². The lowest BCUT2D eigenvalue weighted by atomic mass is 10.2. The topological polar surface area (TPSA) is 26.3 Å². The highest BCUT2D eigenvalue weighted by molar-refractivity contribution is 6.63. The predicted molar refractivity (Wildman–Crippen MR) is 61.6 cm³/mol. The fourth-order valence-electron chi connectivity index (χ4n) is 1.41. The van der Waals surface area contributed by atoms with Crippen molar-refractivity contribution in [3.63, 3.8) is 0 Å². The van der Waals surface area contributed by atoms with Crippen molar-refractivity contribution < 1.29 is 27.1 Å². The molecule has 0 aliphatic carbocycles. The van der Waals surface area contributed by atoms with Gasteiger partial charge in [-0.05, 0) is 37.1 Å². The molecule has 1 aromatic carbocycles. The minimum absolute atomic E-state index is 0.00328. The quantitative estimate of drug-likeness (QED) is 0.603. The van der Waals surface area contributed by atoms with Crippen LogP contribution in [0.25, 0.3) is 0 Å². The van der Waals surface area contributed by atoms with E-state index in [0.717, 1.165) is 12.1 Å². The second-order valence-corrected chi connectivity index (χ2v) is 4.36. The minimum atomic E-state index is -4.78. The van der Waals surface area contributed by atoms with E-state index in [1.54, 1.807) is 0 Å².